The predicted octanol–water partition coefficient (Wildman–Crippen LogP) is 0.333. The van der Waals surface area contributed by atoms with Gasteiger partial charge in [-0.25, -0.2) is 5.84 Å². The molecule has 0 spiro atoms. The van der Waals surface area contributed by atoms with Crippen molar-refractivity contribution in [3.63, 3.8) is 0 Å². The predicted molar refractivity (Wildman–Crippen MR) is 36.4 cm³/mol. The number of nitrogens with one attached hydrogen (secondary N) is 1. The van der Waals surface area contributed by atoms with E-state index in [0.717, 1.165) is 5.57 Å². The lowest BCUT2D eigenvalue weighted by Gasteiger charge is -1.96. The second-order valence-corrected chi connectivity index (χ2v) is 2.02. The van der Waals surface area contributed by atoms with E-state index in [-0.39, 0.29) is 5.91 Å². The van der Waals surface area contributed by atoms with E-state index < -0.39 is 0 Å². The second-order valence-electron chi connectivity index (χ2n) is 2.02. The van der Waals surface area contributed by atoms with Crippen LogP contribution in [0.3, 0.4) is 0 Å². The quantitative estimate of drug-likeness (QED) is 0.249. The van der Waals surface area contributed by atoms with Gasteiger partial charge >= 0.3 is 0 Å². The molecule has 0 atom stereocenters. The number of amides is 1. The number of rotatable bonds is 3. The zero-order chi connectivity index (χ0) is 7.28. The van der Waals surface area contributed by atoms with Crippen molar-refractivity contribution in [1.82, 2.24) is 5.43 Å². The maximum Gasteiger partial charge on any atom is 0.234 e. The monoisotopic (exact) mass is 128 g/mol. The average Bonchev–Trinajstić information content (AvgIpc) is 1.83. The summed E-state index contributed by atoms with van der Waals surface area (Å²) < 4.78 is 0. The molecule has 0 unspecified atom stereocenters. The van der Waals surface area contributed by atoms with Crippen molar-refractivity contribution in [2.75, 3.05) is 0 Å². The van der Waals surface area contributed by atoms with E-state index in [2.05, 4.69) is 6.58 Å². The third kappa shape index (κ3) is 5.03. The van der Waals surface area contributed by atoms with Crippen LogP contribution in [0.5, 0.6) is 0 Å². The minimum Gasteiger partial charge on any atom is -0.294 e. The Bertz CT molecular complexity index is 120. The Kier molecular flexibility index (Phi) is 3.71. The summed E-state index contributed by atoms with van der Waals surface area (Å²) in [4.78, 5) is 10.4. The number of carbonyl (C=O) groups is 1. The van der Waals surface area contributed by atoms with Crippen LogP contribution in [-0.4, -0.2) is 5.91 Å². The molecule has 0 bridgehead atoms. The lowest BCUT2D eigenvalue weighted by molar-refractivity contribution is -0.121. The average molecular weight is 128 g/mol. The Labute approximate surface area is 54.9 Å². The highest BCUT2D eigenvalue weighted by Crippen LogP contribution is 1.98. The lowest BCUT2D eigenvalue weighted by atomic mass is 10.2. The first-order chi connectivity index (χ1) is 4.16. The number of hydrogen-bond donors (Lipinski definition) is 2. The Morgan fingerprint density at radius 1 is 1.67 bits per heavy atom. The van der Waals surface area contributed by atoms with Gasteiger partial charge in [-0.15, -0.1) is 6.58 Å². The standard InChI is InChI=1S/C6H12N2O/c1-5(2)3-4-6(9)8-7/h1,3-4,7H2,2H3,(H,8,9). The molecule has 9 heavy (non-hydrogen) atoms. The van der Waals surface area contributed by atoms with E-state index in [9.17, 15) is 4.79 Å². The van der Waals surface area contributed by atoms with E-state index in [0.29, 0.717) is 12.8 Å². The first-order valence-electron chi connectivity index (χ1n) is 2.80. The SMILES string of the molecule is C=C(C)CCC(=O)NN. The Morgan fingerprint density at radius 2 is 2.22 bits per heavy atom. The van der Waals surface area contributed by atoms with Crippen LogP contribution in [-0.2, 0) is 4.79 Å². The number of hydrazine groups is 1. The molecule has 0 aromatic heterocycles. The maximum absolute atomic E-state index is 10.4. The topological polar surface area (TPSA) is 55.1 Å². The molecule has 1 amide bonds. The largest absolute Gasteiger partial charge is 0.294 e. The number of carbonyl (C=O) groups excluding carboxylic acids is 1. The molecule has 0 rings (SSSR count). The van der Waals surface area contributed by atoms with Crippen LogP contribution < -0.4 is 11.3 Å². The highest BCUT2D eigenvalue weighted by atomic mass is 16.2. The van der Waals surface area contributed by atoms with Crippen molar-refractivity contribution in [3.05, 3.63) is 12.2 Å². The van der Waals surface area contributed by atoms with E-state index >= 15 is 0 Å². The first kappa shape index (κ1) is 8.17. The molecule has 3 N–H and O–H groups in total. The summed E-state index contributed by atoms with van der Waals surface area (Å²) in [6.07, 6.45) is 1.15. The Hall–Kier alpha value is -0.830. The van der Waals surface area contributed by atoms with E-state index in [4.69, 9.17) is 5.84 Å². The molecule has 0 saturated heterocycles. The minimum atomic E-state index is -0.141. The van der Waals surface area contributed by atoms with Gasteiger partial charge in [-0.2, -0.15) is 0 Å². The molecule has 0 aromatic carbocycles. The molecular formula is C6H12N2O. The second kappa shape index (κ2) is 4.09. The Balaban J connectivity index is 3.28. The zero-order valence-electron chi connectivity index (χ0n) is 5.61. The fourth-order valence-corrected chi connectivity index (χ4v) is 0.399. The third-order valence-corrected chi connectivity index (χ3v) is 0.940. The van der Waals surface area contributed by atoms with Gasteiger partial charge in [0.05, 0.1) is 0 Å². The van der Waals surface area contributed by atoms with Crippen molar-refractivity contribution >= 4 is 5.91 Å². The van der Waals surface area contributed by atoms with Gasteiger partial charge in [0.2, 0.25) is 5.91 Å². The summed E-state index contributed by atoms with van der Waals surface area (Å²) in [5, 5.41) is 0. The fourth-order valence-electron chi connectivity index (χ4n) is 0.399. The van der Waals surface area contributed by atoms with Gasteiger partial charge in [-0.05, 0) is 13.3 Å². The van der Waals surface area contributed by atoms with Crippen molar-refractivity contribution in [2.24, 2.45) is 5.84 Å². The fraction of sp³-hybridized carbons (Fsp3) is 0.500. The maximum atomic E-state index is 10.4. The highest BCUT2D eigenvalue weighted by molar-refractivity contribution is 5.75. The Morgan fingerprint density at radius 3 is 2.56 bits per heavy atom. The van der Waals surface area contributed by atoms with Crippen molar-refractivity contribution in [3.8, 4) is 0 Å². The van der Waals surface area contributed by atoms with Gasteiger partial charge < -0.3 is 0 Å². The molecule has 0 aliphatic heterocycles. The van der Waals surface area contributed by atoms with Crippen molar-refractivity contribution in [2.45, 2.75) is 19.8 Å². The summed E-state index contributed by atoms with van der Waals surface area (Å²) >= 11 is 0. The van der Waals surface area contributed by atoms with Gasteiger partial charge in [0.25, 0.3) is 0 Å². The van der Waals surface area contributed by atoms with E-state index in [1.54, 1.807) is 0 Å². The number of allylic oxidation sites excluding steroid dienone is 1. The normalized spacial score (nSPS) is 8.67. The molecule has 0 heterocycles. The summed E-state index contributed by atoms with van der Waals surface area (Å²) in [5.41, 5.74) is 3.04. The third-order valence-electron chi connectivity index (χ3n) is 0.940. The van der Waals surface area contributed by atoms with Crippen LogP contribution in [0.2, 0.25) is 0 Å². The van der Waals surface area contributed by atoms with Gasteiger partial charge in [0, 0.05) is 6.42 Å². The number of nitrogens with two attached hydrogens (primary N) is 1. The van der Waals surface area contributed by atoms with Crippen LogP contribution in [0.1, 0.15) is 19.8 Å². The first-order valence-corrected chi connectivity index (χ1v) is 2.80. The molecule has 0 saturated carbocycles. The van der Waals surface area contributed by atoms with Crippen LogP contribution in [0.4, 0.5) is 0 Å². The molecule has 0 aliphatic carbocycles. The molecule has 0 fully saturated rings. The molecule has 52 valence electrons. The molecule has 0 radical (unpaired) electrons. The van der Waals surface area contributed by atoms with E-state index in [1.165, 1.54) is 0 Å². The van der Waals surface area contributed by atoms with Crippen LogP contribution >= 0.6 is 0 Å². The smallest absolute Gasteiger partial charge is 0.234 e. The van der Waals surface area contributed by atoms with Crippen LogP contribution in [0.15, 0.2) is 12.2 Å². The van der Waals surface area contributed by atoms with Crippen molar-refractivity contribution < 1.29 is 4.79 Å². The molecular weight excluding hydrogens is 116 g/mol. The van der Waals surface area contributed by atoms with Gasteiger partial charge in [0.1, 0.15) is 0 Å². The molecule has 0 aromatic rings. The van der Waals surface area contributed by atoms with Gasteiger partial charge in [-0.3, -0.25) is 10.2 Å². The van der Waals surface area contributed by atoms with Gasteiger partial charge in [0.15, 0.2) is 0 Å². The lowest BCUT2D eigenvalue weighted by Crippen LogP contribution is -2.29. The summed E-state index contributed by atoms with van der Waals surface area (Å²) in [7, 11) is 0. The highest BCUT2D eigenvalue weighted by Gasteiger charge is 1.95. The van der Waals surface area contributed by atoms with Gasteiger partial charge in [-0.1, -0.05) is 5.57 Å². The van der Waals surface area contributed by atoms with Crippen molar-refractivity contribution in [1.29, 1.82) is 0 Å². The molecule has 3 nitrogen and oxygen atoms in total. The van der Waals surface area contributed by atoms with E-state index in [1.807, 2.05) is 12.3 Å². The molecule has 3 heteroatoms. The summed E-state index contributed by atoms with van der Waals surface area (Å²) in [6.45, 7) is 5.52. The number of hydrogen-bond acceptors (Lipinski definition) is 2. The van der Waals surface area contributed by atoms with Crippen LogP contribution in [0.25, 0.3) is 0 Å². The zero-order valence-corrected chi connectivity index (χ0v) is 5.61. The summed E-state index contributed by atoms with van der Waals surface area (Å²) in [5.74, 6) is 4.69. The van der Waals surface area contributed by atoms with Crippen LogP contribution in [0, 0.1) is 0 Å². The minimum absolute atomic E-state index is 0.141. The molecule has 0 aliphatic rings. The summed E-state index contributed by atoms with van der Waals surface area (Å²) in [6, 6.07) is 0.